The highest BCUT2D eigenvalue weighted by atomic mass is 32.3. The molecule has 8 aromatic rings. The predicted molar refractivity (Wildman–Crippen MR) is 236 cm³/mol. The van der Waals surface area contributed by atoms with Crippen molar-refractivity contribution in [1.82, 2.24) is 0 Å². The Kier molecular flexibility index (Phi) is 6.34. The van der Waals surface area contributed by atoms with E-state index in [-0.39, 0.29) is 5.41 Å². The van der Waals surface area contributed by atoms with Crippen molar-refractivity contribution in [3.8, 4) is 44.5 Å². The molecular weight excluding hydrogens is 695 g/mol. The van der Waals surface area contributed by atoms with Crippen LogP contribution in [0.1, 0.15) is 47.2 Å². The third-order valence-electron chi connectivity index (χ3n) is 13.6. The number of nitrogens with zero attached hydrogens (tertiary/aromatic N) is 1. The molecule has 4 aliphatic rings. The van der Waals surface area contributed by atoms with Gasteiger partial charge in [-0.25, -0.2) is 0 Å². The molecule has 0 aromatic heterocycles. The molecule has 0 amide bonds. The van der Waals surface area contributed by atoms with Crippen LogP contribution in [0, 0.1) is 0 Å². The minimum absolute atomic E-state index is 0.119. The molecule has 8 aromatic carbocycles. The summed E-state index contributed by atoms with van der Waals surface area (Å²) in [6, 6.07) is 67.0. The lowest BCUT2D eigenvalue weighted by atomic mass is 9.70. The van der Waals surface area contributed by atoms with Crippen molar-refractivity contribution in [1.29, 1.82) is 0 Å². The average molecular weight is 736 g/mol. The lowest BCUT2D eigenvalue weighted by molar-refractivity contribution is 0.660. The first-order valence-electron chi connectivity index (χ1n) is 19.8. The molecule has 1 spiro atoms. The van der Waals surface area contributed by atoms with Gasteiger partial charge in [0.15, 0.2) is 0 Å². The van der Waals surface area contributed by atoms with Crippen molar-refractivity contribution in [2.45, 2.75) is 34.5 Å². The van der Waals surface area contributed by atoms with Gasteiger partial charge in [0.05, 0.1) is 16.8 Å². The van der Waals surface area contributed by atoms with Crippen molar-refractivity contribution in [3.05, 3.63) is 209 Å². The Labute approximate surface area is 331 Å². The van der Waals surface area contributed by atoms with E-state index in [9.17, 15) is 0 Å². The molecule has 0 saturated heterocycles. The quantitative estimate of drug-likeness (QED) is 0.175. The standard InChI is InChI=1S/C54H41NS/c1-53(2)41-22-10-7-20-39(41)51-45(53)26-15-28-47(51)55(34-31-32-38-37-19-9-14-30-49(37)56(3,4)50(38)33-34)48-29-16-27-46-52(48)40-21-8-13-25-44(40)54(46)42-23-11-5-17-35(42)36-18-6-12-24-43(36)54/h5-33H,1-4H3. The number of hydrogen-bond acceptors (Lipinski definition) is 1. The molecule has 0 saturated carbocycles. The van der Waals surface area contributed by atoms with E-state index in [2.05, 4.69) is 207 Å². The first-order valence-corrected chi connectivity index (χ1v) is 22.2. The van der Waals surface area contributed by atoms with Gasteiger partial charge in [0.2, 0.25) is 0 Å². The maximum atomic E-state index is 2.62. The number of anilines is 3. The second-order valence-electron chi connectivity index (χ2n) is 16.8. The van der Waals surface area contributed by atoms with Crippen LogP contribution in [-0.2, 0) is 10.8 Å². The normalized spacial score (nSPS) is 16.5. The van der Waals surface area contributed by atoms with Crippen molar-refractivity contribution in [3.63, 3.8) is 0 Å². The maximum Gasteiger partial charge on any atom is 0.0726 e. The Bertz CT molecular complexity index is 2960. The monoisotopic (exact) mass is 735 g/mol. The predicted octanol–water partition coefficient (Wildman–Crippen LogP) is 14.3. The van der Waals surface area contributed by atoms with E-state index in [4.69, 9.17) is 0 Å². The summed E-state index contributed by atoms with van der Waals surface area (Å²) in [6.45, 7) is 4.78. The number of benzene rings is 8. The van der Waals surface area contributed by atoms with Crippen LogP contribution in [0.3, 0.4) is 0 Å². The highest BCUT2D eigenvalue weighted by Gasteiger charge is 2.52. The molecule has 0 unspecified atom stereocenters. The van der Waals surface area contributed by atoms with Gasteiger partial charge in [0.25, 0.3) is 0 Å². The van der Waals surface area contributed by atoms with E-state index in [0.29, 0.717) is 0 Å². The summed E-state index contributed by atoms with van der Waals surface area (Å²) in [6.07, 6.45) is 4.94. The molecule has 1 aliphatic heterocycles. The number of hydrogen-bond donors (Lipinski definition) is 0. The van der Waals surface area contributed by atoms with E-state index in [1.165, 1.54) is 105 Å². The second-order valence-corrected chi connectivity index (χ2v) is 20.3. The summed E-state index contributed by atoms with van der Waals surface area (Å²) < 4.78 is 0. The lowest BCUT2D eigenvalue weighted by Gasteiger charge is -2.34. The summed E-state index contributed by atoms with van der Waals surface area (Å²) in [7, 11) is -1.24. The van der Waals surface area contributed by atoms with Gasteiger partial charge in [0, 0.05) is 32.0 Å². The average Bonchev–Trinajstić information content (AvgIpc) is 3.87. The van der Waals surface area contributed by atoms with Crippen LogP contribution in [0.25, 0.3) is 44.5 Å². The van der Waals surface area contributed by atoms with Crippen molar-refractivity contribution in [2.24, 2.45) is 0 Å². The molecular formula is C54H41NS. The Morgan fingerprint density at radius 2 is 0.821 bits per heavy atom. The van der Waals surface area contributed by atoms with Gasteiger partial charge < -0.3 is 4.90 Å². The molecule has 0 radical (unpaired) electrons. The van der Waals surface area contributed by atoms with Crippen LogP contribution in [0.5, 0.6) is 0 Å². The SMILES string of the molecule is CC1(C)c2ccccc2-c2c(N(c3ccc4c(c3)S(C)(C)c3ccccc3-4)c3cccc4c3-c3ccccc3C43c4ccccc4-c4ccccc43)cccc21. The van der Waals surface area contributed by atoms with E-state index in [1.807, 2.05) is 0 Å². The molecule has 56 heavy (non-hydrogen) atoms. The summed E-state index contributed by atoms with van der Waals surface area (Å²) in [5.74, 6) is 0. The van der Waals surface area contributed by atoms with E-state index >= 15 is 0 Å². The van der Waals surface area contributed by atoms with Gasteiger partial charge in [0.1, 0.15) is 0 Å². The van der Waals surface area contributed by atoms with Crippen molar-refractivity contribution >= 4 is 27.1 Å². The highest BCUT2D eigenvalue weighted by Crippen LogP contribution is 2.69. The Morgan fingerprint density at radius 3 is 1.46 bits per heavy atom. The summed E-state index contributed by atoms with van der Waals surface area (Å²) in [5.41, 5.74) is 22.0. The Hall–Kier alpha value is -6.09. The molecule has 268 valence electrons. The summed E-state index contributed by atoms with van der Waals surface area (Å²) in [5, 5.41) is 0. The van der Waals surface area contributed by atoms with Crippen molar-refractivity contribution in [2.75, 3.05) is 17.4 Å². The molecule has 0 bridgehead atoms. The van der Waals surface area contributed by atoms with Crippen LogP contribution in [-0.4, -0.2) is 12.5 Å². The molecule has 1 nitrogen and oxygen atoms in total. The lowest BCUT2D eigenvalue weighted by Crippen LogP contribution is -2.26. The zero-order valence-corrected chi connectivity index (χ0v) is 32.9. The molecule has 3 aliphatic carbocycles. The topological polar surface area (TPSA) is 3.24 Å². The van der Waals surface area contributed by atoms with Crippen LogP contribution in [0.2, 0.25) is 0 Å². The molecule has 1 heterocycles. The van der Waals surface area contributed by atoms with E-state index in [0.717, 1.165) is 0 Å². The van der Waals surface area contributed by atoms with Crippen LogP contribution in [0.15, 0.2) is 186 Å². The second kappa shape index (κ2) is 11.0. The largest absolute Gasteiger partial charge is 0.309 e. The minimum atomic E-state index is -1.24. The first kappa shape index (κ1) is 32.2. The third kappa shape index (κ3) is 3.83. The van der Waals surface area contributed by atoms with E-state index in [1.54, 1.807) is 0 Å². The number of rotatable bonds is 3. The fourth-order valence-electron chi connectivity index (χ4n) is 11.2. The van der Waals surface area contributed by atoms with Gasteiger partial charge in [-0.05, 0) is 110 Å². The summed E-state index contributed by atoms with van der Waals surface area (Å²) >= 11 is 0. The first-order chi connectivity index (χ1) is 27.3. The fraction of sp³-hybridized carbons (Fsp3) is 0.111. The molecule has 12 rings (SSSR count). The van der Waals surface area contributed by atoms with Crippen LogP contribution < -0.4 is 4.90 Å². The number of fused-ring (bicyclic) bond motifs is 16. The van der Waals surface area contributed by atoms with Gasteiger partial charge in [-0.1, -0.05) is 159 Å². The van der Waals surface area contributed by atoms with Gasteiger partial charge in [-0.15, -0.1) is 0 Å². The zero-order chi connectivity index (χ0) is 37.6. The summed E-state index contributed by atoms with van der Waals surface area (Å²) in [4.78, 5) is 5.56. The van der Waals surface area contributed by atoms with Gasteiger partial charge >= 0.3 is 0 Å². The highest BCUT2D eigenvalue weighted by molar-refractivity contribution is 8.33. The Morgan fingerprint density at radius 1 is 0.375 bits per heavy atom. The maximum absolute atomic E-state index is 2.62. The minimum Gasteiger partial charge on any atom is -0.309 e. The molecule has 0 N–H and O–H groups in total. The molecule has 2 heteroatoms. The fourth-order valence-corrected chi connectivity index (χ4v) is 13.7. The zero-order valence-electron chi connectivity index (χ0n) is 32.1. The molecule has 0 atom stereocenters. The van der Waals surface area contributed by atoms with Crippen molar-refractivity contribution < 1.29 is 0 Å². The van der Waals surface area contributed by atoms with Crippen LogP contribution >= 0.6 is 10.0 Å². The van der Waals surface area contributed by atoms with Gasteiger partial charge in [-0.3, -0.25) is 0 Å². The smallest absolute Gasteiger partial charge is 0.0726 e. The third-order valence-corrected chi connectivity index (χ3v) is 16.5. The molecule has 0 fully saturated rings. The van der Waals surface area contributed by atoms with Gasteiger partial charge in [-0.2, -0.15) is 10.0 Å². The van der Waals surface area contributed by atoms with E-state index < -0.39 is 15.4 Å². The van der Waals surface area contributed by atoms with Crippen LogP contribution in [0.4, 0.5) is 17.1 Å². The Balaban J connectivity index is 1.19.